The van der Waals surface area contributed by atoms with Gasteiger partial charge in [-0.05, 0) is 67.9 Å². The fourth-order valence-electron chi connectivity index (χ4n) is 5.27. The smallest absolute Gasteiger partial charge is 0.810 e. The van der Waals surface area contributed by atoms with Gasteiger partial charge < -0.3 is 38.9 Å². The van der Waals surface area contributed by atoms with Crippen molar-refractivity contribution in [3.05, 3.63) is 57.6 Å². The summed E-state index contributed by atoms with van der Waals surface area (Å²) in [6.45, 7) is 26.8. The zero-order valence-electron chi connectivity index (χ0n) is 29.7. The molecule has 8 nitrogen and oxygen atoms in total. The van der Waals surface area contributed by atoms with Crippen LogP contribution in [0, 0.1) is 0 Å². The zero-order chi connectivity index (χ0) is 35.0. The van der Waals surface area contributed by atoms with Crippen LogP contribution in [0.1, 0.15) is 154 Å². The molecule has 0 bridgehead atoms. The Morgan fingerprint density at radius 3 is 0.804 bits per heavy atom. The van der Waals surface area contributed by atoms with E-state index in [0.29, 0.717) is 33.4 Å². The Balaban J connectivity index is 0. The van der Waals surface area contributed by atoms with Crippen LogP contribution in [0.5, 0.6) is 11.5 Å². The minimum Gasteiger partial charge on any atom is -0.810 e. The van der Waals surface area contributed by atoms with Crippen LogP contribution >= 0.6 is 15.2 Å². The van der Waals surface area contributed by atoms with Gasteiger partial charge in [0, 0.05) is 11.3 Å². The van der Waals surface area contributed by atoms with E-state index in [1.807, 2.05) is 83.1 Å². The molecule has 2 aromatic carbocycles. The van der Waals surface area contributed by atoms with E-state index >= 15 is 0 Å². The van der Waals surface area contributed by atoms with E-state index in [2.05, 4.69) is 0 Å². The summed E-state index contributed by atoms with van der Waals surface area (Å²) in [5.41, 5.74) is 0.0924. The van der Waals surface area contributed by atoms with Crippen molar-refractivity contribution in [2.24, 2.45) is 0 Å². The monoisotopic (exact) mass is 768 g/mol. The number of aromatic hydroxyl groups is 2. The second-order valence-electron chi connectivity index (χ2n) is 15.9. The maximum absolute atomic E-state index is 11.6. The van der Waals surface area contributed by atoms with Gasteiger partial charge in [0.1, 0.15) is 11.5 Å². The first-order valence-electron chi connectivity index (χ1n) is 15.2. The standard InChI is InChI=1S/2C17H29O4P.2Ni/c2*1-8-14(22(19,20)21)11-9-12(16(2,3)4)15(18)13(10-11)17(5,6)7;;/h2*9-10,14,18H,8H2,1-7H3,(H2,19,20,21);;/q;;2*+2/p-4. The first-order chi connectivity index (χ1) is 19.4. The molecule has 12 heteroatoms. The van der Waals surface area contributed by atoms with E-state index in [-0.39, 0.29) is 79.0 Å². The summed E-state index contributed by atoms with van der Waals surface area (Å²) >= 11 is 0. The summed E-state index contributed by atoms with van der Waals surface area (Å²) < 4.78 is 23.2. The minimum absolute atomic E-state index is 0. The van der Waals surface area contributed by atoms with Crippen LogP contribution in [0.25, 0.3) is 0 Å². The molecule has 2 unspecified atom stereocenters. The molecule has 0 radical (unpaired) electrons. The van der Waals surface area contributed by atoms with E-state index in [9.17, 15) is 38.9 Å². The average Bonchev–Trinajstić information content (AvgIpc) is 2.77. The van der Waals surface area contributed by atoms with Gasteiger partial charge in [0.2, 0.25) is 0 Å². The van der Waals surface area contributed by atoms with Crippen molar-refractivity contribution >= 4 is 15.2 Å². The Morgan fingerprint density at radius 1 is 0.522 bits per heavy atom. The molecular formula is C34H54Ni2O8P2. The number of phenolic OH excluding ortho intramolecular Hbond substituents is 2. The SMILES string of the molecule is CCC(c1cc(C(C)(C)C)c(O)c(C(C)(C)C)c1)P(=O)([O-])[O-].CCC(c1cc(C(C)(C)C)c(O)c(C(C)(C)C)c1)P(=O)([O-])[O-].[Ni+2].[Ni+2]. The molecule has 0 saturated carbocycles. The van der Waals surface area contributed by atoms with Gasteiger partial charge in [-0.25, -0.2) is 0 Å². The molecule has 0 heterocycles. The molecule has 0 amide bonds. The van der Waals surface area contributed by atoms with Crippen molar-refractivity contribution in [3.63, 3.8) is 0 Å². The van der Waals surface area contributed by atoms with E-state index < -0.39 is 26.5 Å². The Kier molecular flexibility index (Phi) is 16.9. The van der Waals surface area contributed by atoms with Gasteiger partial charge in [0.15, 0.2) is 0 Å². The second-order valence-corrected chi connectivity index (χ2v) is 19.3. The first-order valence-corrected chi connectivity index (χ1v) is 18.4. The van der Waals surface area contributed by atoms with Crippen LogP contribution in [0.15, 0.2) is 24.3 Å². The molecule has 0 spiro atoms. The maximum Gasteiger partial charge on any atom is 2.00 e. The van der Waals surface area contributed by atoms with Gasteiger partial charge >= 0.3 is 33.0 Å². The predicted octanol–water partition coefficient (Wildman–Crippen LogP) is 6.70. The molecule has 0 aliphatic heterocycles. The quantitative estimate of drug-likeness (QED) is 0.242. The van der Waals surface area contributed by atoms with Gasteiger partial charge in [-0.3, -0.25) is 0 Å². The minimum atomic E-state index is -4.74. The molecule has 0 saturated heterocycles. The van der Waals surface area contributed by atoms with Crippen molar-refractivity contribution in [3.8, 4) is 11.5 Å². The first kappa shape index (κ1) is 47.4. The van der Waals surface area contributed by atoms with E-state index in [1.54, 1.807) is 38.1 Å². The summed E-state index contributed by atoms with van der Waals surface area (Å²) in [7, 11) is -9.48. The third-order valence-corrected chi connectivity index (χ3v) is 10.7. The van der Waals surface area contributed by atoms with Crippen molar-refractivity contribution in [1.29, 1.82) is 0 Å². The Hall–Kier alpha value is -0.673. The van der Waals surface area contributed by atoms with Crippen molar-refractivity contribution in [2.45, 2.75) is 143 Å². The molecule has 0 fully saturated rings. The van der Waals surface area contributed by atoms with E-state index in [4.69, 9.17) is 0 Å². The number of hydrogen-bond acceptors (Lipinski definition) is 8. The third kappa shape index (κ3) is 12.3. The molecular weight excluding hydrogens is 716 g/mol. The molecule has 2 rings (SSSR count). The normalized spacial score (nSPS) is 14.3. The van der Waals surface area contributed by atoms with Crippen LogP contribution in [0.3, 0.4) is 0 Å². The van der Waals surface area contributed by atoms with Gasteiger partial charge in [-0.2, -0.15) is 0 Å². The summed E-state index contributed by atoms with van der Waals surface area (Å²) in [5, 5.41) is 21.2. The van der Waals surface area contributed by atoms with Crippen LogP contribution < -0.4 is 19.6 Å². The second kappa shape index (κ2) is 16.4. The Bertz CT molecular complexity index is 1220. The van der Waals surface area contributed by atoms with Crippen molar-refractivity contribution < 1.29 is 71.9 Å². The Morgan fingerprint density at radius 2 is 0.696 bits per heavy atom. The molecule has 0 aromatic heterocycles. The van der Waals surface area contributed by atoms with Crippen molar-refractivity contribution in [1.82, 2.24) is 0 Å². The van der Waals surface area contributed by atoms with Gasteiger partial charge in [0.05, 0.1) is 0 Å². The molecule has 2 aromatic rings. The van der Waals surface area contributed by atoms with Crippen molar-refractivity contribution in [2.75, 3.05) is 0 Å². The van der Waals surface area contributed by atoms with E-state index in [1.165, 1.54) is 0 Å². The summed E-state index contributed by atoms with van der Waals surface area (Å²) in [6, 6.07) is 6.67. The molecule has 0 aliphatic rings. The van der Waals surface area contributed by atoms with Crippen LogP contribution in [0.2, 0.25) is 0 Å². The molecule has 46 heavy (non-hydrogen) atoms. The largest absolute Gasteiger partial charge is 2.00 e. The number of hydrogen-bond donors (Lipinski definition) is 2. The fourth-order valence-corrected chi connectivity index (χ4v) is 7.19. The fraction of sp³-hybridized carbons (Fsp3) is 0.647. The Labute approximate surface area is 297 Å². The molecule has 2 atom stereocenters. The maximum atomic E-state index is 11.6. The molecule has 2 N–H and O–H groups in total. The summed E-state index contributed by atoms with van der Waals surface area (Å²) in [5.74, 6) is 0.371. The molecule has 268 valence electrons. The van der Waals surface area contributed by atoms with Gasteiger partial charge in [-0.15, -0.1) is 0 Å². The number of benzene rings is 2. The van der Waals surface area contributed by atoms with Crippen LogP contribution in [0.4, 0.5) is 0 Å². The summed E-state index contributed by atoms with van der Waals surface area (Å²) in [4.78, 5) is 46.3. The predicted molar refractivity (Wildman–Crippen MR) is 172 cm³/mol. The van der Waals surface area contributed by atoms with Crippen LogP contribution in [-0.4, -0.2) is 10.2 Å². The third-order valence-electron chi connectivity index (χ3n) is 7.80. The topological polar surface area (TPSA) is 167 Å². The van der Waals surface area contributed by atoms with Crippen LogP contribution in [-0.2, 0) is 63.8 Å². The average molecular weight is 770 g/mol. The van der Waals surface area contributed by atoms with Gasteiger partial charge in [0.25, 0.3) is 0 Å². The summed E-state index contributed by atoms with van der Waals surface area (Å²) in [6.07, 6.45) is 0.449. The number of rotatable bonds is 6. The zero-order valence-corrected chi connectivity index (χ0v) is 33.5. The molecule has 0 aliphatic carbocycles. The number of phenols is 2. The van der Waals surface area contributed by atoms with E-state index in [0.717, 1.165) is 0 Å². The van der Waals surface area contributed by atoms with Gasteiger partial charge in [-0.1, -0.05) is 136 Å².